The van der Waals surface area contributed by atoms with Crippen LogP contribution in [0.5, 0.6) is 0 Å². The lowest BCUT2D eigenvalue weighted by molar-refractivity contribution is 0.559. The molecule has 8 heteroatoms. The van der Waals surface area contributed by atoms with Crippen molar-refractivity contribution in [3.63, 3.8) is 0 Å². The van der Waals surface area contributed by atoms with Gasteiger partial charge in [0.25, 0.3) is 0 Å². The number of aromatic amines is 2. The number of H-pyrrole nitrogens is 2. The average Bonchev–Trinajstić information content (AvgIpc) is 3.21. The van der Waals surface area contributed by atoms with Crippen molar-refractivity contribution >= 4 is 18.4 Å². The lowest BCUT2D eigenvalue weighted by Crippen LogP contribution is -1.97. The second-order valence-electron chi connectivity index (χ2n) is 4.81. The first kappa shape index (κ1) is 12.3. The smallest absolute Gasteiger partial charge is 0.216 e. The molecule has 0 aliphatic heterocycles. The summed E-state index contributed by atoms with van der Waals surface area (Å²) in [5, 5.41) is 18.8. The summed E-state index contributed by atoms with van der Waals surface area (Å²) in [6, 6.07) is 3.62. The molecule has 0 amide bonds. The Bertz CT molecular complexity index is 854. The van der Waals surface area contributed by atoms with Gasteiger partial charge < -0.3 is 4.42 Å². The third kappa shape index (κ3) is 2.04. The molecule has 0 radical (unpaired) electrons. The quantitative estimate of drug-likeness (QED) is 0.574. The van der Waals surface area contributed by atoms with Gasteiger partial charge in [0.05, 0.1) is 12.5 Å². The van der Waals surface area contributed by atoms with E-state index in [1.807, 2.05) is 6.07 Å². The normalized spacial score (nSPS) is 14.1. The van der Waals surface area contributed by atoms with E-state index in [2.05, 4.69) is 25.5 Å². The zero-order valence-electron chi connectivity index (χ0n) is 11.0. The summed E-state index contributed by atoms with van der Waals surface area (Å²) in [5.41, 5.74) is 3.20. The Hall–Kier alpha value is -2.48. The third-order valence-electron chi connectivity index (χ3n) is 3.51. The van der Waals surface area contributed by atoms with Gasteiger partial charge in [0.15, 0.2) is 0 Å². The Morgan fingerprint density at radius 2 is 2.29 bits per heavy atom. The van der Waals surface area contributed by atoms with Crippen molar-refractivity contribution in [1.82, 2.24) is 25.1 Å². The third-order valence-corrected chi connectivity index (χ3v) is 3.78. The van der Waals surface area contributed by atoms with Gasteiger partial charge in [0.2, 0.25) is 10.6 Å². The minimum Gasteiger partial charge on any atom is -0.463 e. The molecule has 3 aromatic rings. The molecule has 0 atom stereocenters. The standard InChI is InChI=1S/C13H12N6OS/c21-13-18-17-12(11-9-4-1-5-10(9)15-16-11)19(13)14-7-8-3-2-6-20-8/h2-3,6-7H,1,4-5H2,(H,15,16)(H,18,21)/b14-7-. The van der Waals surface area contributed by atoms with Gasteiger partial charge in [-0.25, -0.2) is 5.10 Å². The maximum atomic E-state index is 5.23. The molecule has 0 bridgehead atoms. The van der Waals surface area contributed by atoms with Crippen LogP contribution in [-0.4, -0.2) is 31.3 Å². The van der Waals surface area contributed by atoms with Crippen LogP contribution < -0.4 is 0 Å². The molecule has 0 saturated carbocycles. The minimum atomic E-state index is 0.419. The Balaban J connectivity index is 1.78. The number of aromatic nitrogens is 5. The maximum Gasteiger partial charge on any atom is 0.216 e. The lowest BCUT2D eigenvalue weighted by Gasteiger charge is -1.98. The van der Waals surface area contributed by atoms with E-state index in [0.717, 1.165) is 25.0 Å². The summed E-state index contributed by atoms with van der Waals surface area (Å²) in [6.07, 6.45) is 6.36. The summed E-state index contributed by atoms with van der Waals surface area (Å²) in [7, 11) is 0. The van der Waals surface area contributed by atoms with Crippen molar-refractivity contribution < 1.29 is 4.42 Å². The monoisotopic (exact) mass is 300 g/mol. The zero-order valence-corrected chi connectivity index (χ0v) is 11.9. The SMILES string of the molecule is S=c1[nH]nc(-c2n[nH]c3c2CCC3)n1/N=C\c1ccco1. The highest BCUT2D eigenvalue weighted by atomic mass is 32.1. The van der Waals surface area contributed by atoms with Gasteiger partial charge in [0, 0.05) is 11.3 Å². The van der Waals surface area contributed by atoms with E-state index in [-0.39, 0.29) is 0 Å². The van der Waals surface area contributed by atoms with E-state index in [1.165, 1.54) is 11.3 Å². The largest absolute Gasteiger partial charge is 0.463 e. The molecule has 1 aliphatic rings. The highest BCUT2D eigenvalue weighted by Crippen LogP contribution is 2.29. The fraction of sp³-hybridized carbons (Fsp3) is 0.231. The summed E-state index contributed by atoms with van der Waals surface area (Å²) >= 11 is 5.23. The summed E-state index contributed by atoms with van der Waals surface area (Å²) in [4.78, 5) is 0. The maximum absolute atomic E-state index is 5.23. The number of fused-ring (bicyclic) bond motifs is 1. The Morgan fingerprint density at radius 3 is 3.14 bits per heavy atom. The van der Waals surface area contributed by atoms with E-state index in [1.54, 1.807) is 23.2 Å². The van der Waals surface area contributed by atoms with Crippen molar-refractivity contribution in [3.8, 4) is 11.5 Å². The molecule has 0 unspecified atom stereocenters. The second kappa shape index (κ2) is 4.81. The number of hydrogen-bond donors (Lipinski definition) is 2. The summed E-state index contributed by atoms with van der Waals surface area (Å²) < 4.78 is 7.21. The molecule has 0 aromatic carbocycles. The summed E-state index contributed by atoms with van der Waals surface area (Å²) in [6.45, 7) is 0. The molecule has 0 spiro atoms. The van der Waals surface area contributed by atoms with Crippen LogP contribution in [0.4, 0.5) is 0 Å². The Morgan fingerprint density at radius 1 is 1.33 bits per heavy atom. The second-order valence-corrected chi connectivity index (χ2v) is 5.19. The van der Waals surface area contributed by atoms with Crippen LogP contribution in [0.3, 0.4) is 0 Å². The molecule has 0 fully saturated rings. The predicted molar refractivity (Wildman–Crippen MR) is 78.7 cm³/mol. The van der Waals surface area contributed by atoms with Crippen molar-refractivity contribution in [2.75, 3.05) is 0 Å². The van der Waals surface area contributed by atoms with Gasteiger partial charge in [-0.05, 0) is 43.6 Å². The summed E-state index contributed by atoms with van der Waals surface area (Å²) in [5.74, 6) is 1.26. The van der Waals surface area contributed by atoms with E-state index >= 15 is 0 Å². The lowest BCUT2D eigenvalue weighted by atomic mass is 10.2. The fourth-order valence-corrected chi connectivity index (χ4v) is 2.71. The van der Waals surface area contributed by atoms with Crippen LogP contribution in [0, 0.1) is 4.77 Å². The molecular weight excluding hydrogens is 288 g/mol. The van der Waals surface area contributed by atoms with Crippen molar-refractivity contribution in [3.05, 3.63) is 40.2 Å². The highest BCUT2D eigenvalue weighted by Gasteiger charge is 2.23. The van der Waals surface area contributed by atoms with Gasteiger partial charge in [-0.2, -0.15) is 20.0 Å². The van der Waals surface area contributed by atoms with Crippen LogP contribution in [0.1, 0.15) is 23.4 Å². The number of furan rings is 1. The van der Waals surface area contributed by atoms with E-state index in [4.69, 9.17) is 16.6 Å². The van der Waals surface area contributed by atoms with E-state index < -0.39 is 0 Å². The first-order valence-corrected chi connectivity index (χ1v) is 7.05. The number of rotatable bonds is 3. The van der Waals surface area contributed by atoms with Crippen molar-refractivity contribution in [1.29, 1.82) is 0 Å². The van der Waals surface area contributed by atoms with Crippen molar-refractivity contribution in [2.45, 2.75) is 19.3 Å². The molecule has 7 nitrogen and oxygen atoms in total. The van der Waals surface area contributed by atoms with Gasteiger partial charge in [-0.3, -0.25) is 5.10 Å². The van der Waals surface area contributed by atoms with Crippen LogP contribution in [0.15, 0.2) is 27.9 Å². The Kier molecular flexibility index (Phi) is 2.81. The first-order chi connectivity index (χ1) is 10.3. The molecule has 21 heavy (non-hydrogen) atoms. The number of hydrogen-bond acceptors (Lipinski definition) is 5. The van der Waals surface area contributed by atoms with E-state index in [0.29, 0.717) is 16.4 Å². The molecule has 3 aromatic heterocycles. The molecular formula is C13H12N6OS. The predicted octanol–water partition coefficient (Wildman–Crippen LogP) is 2.29. The number of aryl methyl sites for hydroxylation is 1. The van der Waals surface area contributed by atoms with Crippen LogP contribution in [0.2, 0.25) is 0 Å². The van der Waals surface area contributed by atoms with Gasteiger partial charge in [-0.1, -0.05) is 0 Å². The molecule has 3 heterocycles. The molecule has 4 rings (SSSR count). The van der Waals surface area contributed by atoms with E-state index in [9.17, 15) is 0 Å². The van der Waals surface area contributed by atoms with Crippen LogP contribution in [0.25, 0.3) is 11.5 Å². The topological polar surface area (TPSA) is 87.8 Å². The van der Waals surface area contributed by atoms with Gasteiger partial charge in [-0.15, -0.1) is 0 Å². The average molecular weight is 300 g/mol. The van der Waals surface area contributed by atoms with Gasteiger partial charge in [0.1, 0.15) is 11.5 Å². The van der Waals surface area contributed by atoms with Gasteiger partial charge >= 0.3 is 0 Å². The number of nitrogens with one attached hydrogen (secondary N) is 2. The first-order valence-electron chi connectivity index (χ1n) is 6.64. The molecule has 1 aliphatic carbocycles. The van der Waals surface area contributed by atoms with Crippen LogP contribution in [-0.2, 0) is 12.8 Å². The molecule has 2 N–H and O–H groups in total. The van der Waals surface area contributed by atoms with Crippen molar-refractivity contribution in [2.24, 2.45) is 5.10 Å². The zero-order chi connectivity index (χ0) is 14.2. The number of nitrogens with zero attached hydrogens (tertiary/aromatic N) is 4. The molecule has 0 saturated heterocycles. The van der Waals surface area contributed by atoms with Crippen LogP contribution >= 0.6 is 12.2 Å². The Labute approximate surface area is 124 Å². The molecule has 106 valence electrons. The highest BCUT2D eigenvalue weighted by molar-refractivity contribution is 7.71. The minimum absolute atomic E-state index is 0.419. The fourth-order valence-electron chi connectivity index (χ4n) is 2.54.